The van der Waals surface area contributed by atoms with Crippen molar-refractivity contribution in [1.82, 2.24) is 9.55 Å². The molecule has 6 heteroatoms. The maximum atomic E-state index is 7.05. The first-order chi connectivity index (χ1) is 33.3. The van der Waals surface area contributed by atoms with E-state index in [0.29, 0.717) is 11.5 Å². The number of nitrogens with zero attached hydrogens (tertiary/aromatic N) is 4. The third kappa shape index (κ3) is 9.87. The van der Waals surface area contributed by atoms with E-state index in [-0.39, 0.29) is 42.7 Å². The van der Waals surface area contributed by atoms with Crippen molar-refractivity contribution in [1.29, 1.82) is 0 Å². The molecule has 10 rings (SSSR count). The summed E-state index contributed by atoms with van der Waals surface area (Å²) >= 11 is 0. The van der Waals surface area contributed by atoms with E-state index < -0.39 is 0 Å². The van der Waals surface area contributed by atoms with Crippen LogP contribution in [0.1, 0.15) is 110 Å². The fourth-order valence-electron chi connectivity index (χ4n) is 9.47. The van der Waals surface area contributed by atoms with Crippen molar-refractivity contribution in [2.45, 2.75) is 97.8 Å². The van der Waals surface area contributed by atoms with E-state index in [9.17, 15) is 0 Å². The van der Waals surface area contributed by atoms with Gasteiger partial charge in [0.2, 0.25) is 0 Å². The summed E-state index contributed by atoms with van der Waals surface area (Å²) in [4.78, 5) is 9.48. The van der Waals surface area contributed by atoms with Crippen molar-refractivity contribution in [3.8, 4) is 28.4 Å². The summed E-state index contributed by atoms with van der Waals surface area (Å²) in [6.07, 6.45) is 4.16. The summed E-state index contributed by atoms with van der Waals surface area (Å²) < 4.78 is 9.30. The molecule has 0 spiro atoms. The van der Waals surface area contributed by atoms with E-state index in [4.69, 9.17) is 9.72 Å². The number of aromatic nitrogens is 2. The molecule has 1 aliphatic rings. The van der Waals surface area contributed by atoms with Gasteiger partial charge in [-0.2, -0.15) is 6.07 Å². The summed E-state index contributed by atoms with van der Waals surface area (Å²) in [6, 6.07) is 66.3. The second-order valence-corrected chi connectivity index (χ2v) is 22.4. The molecule has 5 nitrogen and oxygen atoms in total. The number of hydrogen-bond acceptors (Lipinski definition) is 4. The van der Waals surface area contributed by atoms with Crippen LogP contribution in [-0.4, -0.2) is 9.55 Å². The van der Waals surface area contributed by atoms with E-state index in [1.165, 1.54) is 33.4 Å². The topological polar surface area (TPSA) is 33.5 Å². The molecule has 0 atom stereocenters. The Bertz CT molecular complexity index is 3410. The van der Waals surface area contributed by atoms with Gasteiger partial charge in [-0.15, -0.1) is 53.6 Å². The van der Waals surface area contributed by atoms with Gasteiger partial charge in [0.05, 0.1) is 0 Å². The molecule has 1 aliphatic heterocycles. The van der Waals surface area contributed by atoms with Crippen LogP contribution < -0.4 is 14.5 Å². The van der Waals surface area contributed by atoms with E-state index in [1.807, 2.05) is 12.3 Å². The van der Waals surface area contributed by atoms with Gasteiger partial charge in [0.1, 0.15) is 5.82 Å². The van der Waals surface area contributed by atoms with E-state index in [0.717, 1.165) is 55.8 Å². The maximum Gasteiger partial charge on any atom is 0.135 e. The monoisotopic (exact) mass is 1110 g/mol. The third-order valence-electron chi connectivity index (χ3n) is 13.9. The fourth-order valence-corrected chi connectivity index (χ4v) is 9.47. The Labute approximate surface area is 436 Å². The average Bonchev–Trinajstić information content (AvgIpc) is 3.94. The quantitative estimate of drug-likeness (QED) is 0.135. The van der Waals surface area contributed by atoms with Gasteiger partial charge in [0, 0.05) is 55.7 Å². The molecule has 0 saturated heterocycles. The molecule has 0 radical (unpaired) electrons. The van der Waals surface area contributed by atoms with Gasteiger partial charge < -0.3 is 19.1 Å². The van der Waals surface area contributed by atoms with Gasteiger partial charge in [-0.3, -0.25) is 0 Å². The zero-order valence-corrected chi connectivity index (χ0v) is 45.1. The molecule has 362 valence electrons. The molecule has 0 bridgehead atoms. The first-order valence-corrected chi connectivity index (χ1v) is 24.5. The maximum absolute atomic E-state index is 7.05. The zero-order chi connectivity index (χ0) is 49.2. The number of fused-ring (bicyclic) bond motifs is 3. The molecule has 0 aliphatic carbocycles. The molecule has 2 aromatic heterocycles. The van der Waals surface area contributed by atoms with Crippen molar-refractivity contribution in [3.05, 3.63) is 228 Å². The van der Waals surface area contributed by atoms with Crippen LogP contribution in [0.3, 0.4) is 0 Å². The molecular weight excluding hydrogens is 1050 g/mol. The molecular formula is C65H63N4OPt-3. The number of anilines is 2. The number of rotatable bonds is 9. The van der Waals surface area contributed by atoms with Crippen molar-refractivity contribution in [3.63, 3.8) is 0 Å². The molecule has 0 unspecified atom stereocenters. The summed E-state index contributed by atoms with van der Waals surface area (Å²) in [5, 5.41) is 2.25. The van der Waals surface area contributed by atoms with Crippen LogP contribution in [0.25, 0.3) is 44.4 Å². The minimum atomic E-state index is -0.389. The second-order valence-electron chi connectivity index (χ2n) is 22.4. The minimum Gasteiger partial charge on any atom is -0.509 e. The average molecular weight is 1110 g/mol. The predicted molar refractivity (Wildman–Crippen MR) is 293 cm³/mol. The van der Waals surface area contributed by atoms with Gasteiger partial charge in [0.15, 0.2) is 0 Å². The number of benzene rings is 7. The van der Waals surface area contributed by atoms with Gasteiger partial charge in [-0.05, 0) is 103 Å². The van der Waals surface area contributed by atoms with Crippen LogP contribution in [0.15, 0.2) is 176 Å². The molecule has 3 heterocycles. The summed E-state index contributed by atoms with van der Waals surface area (Å²) in [5.41, 5.74) is 13.9. The van der Waals surface area contributed by atoms with Crippen molar-refractivity contribution in [2.75, 3.05) is 9.80 Å². The largest absolute Gasteiger partial charge is 0.509 e. The van der Waals surface area contributed by atoms with Crippen molar-refractivity contribution in [2.24, 2.45) is 0 Å². The Balaban J connectivity index is 0.00000624. The zero-order valence-electron chi connectivity index (χ0n) is 42.8. The molecule has 0 N–H and O–H groups in total. The Kier molecular flexibility index (Phi) is 13.1. The summed E-state index contributed by atoms with van der Waals surface area (Å²) in [6.45, 7) is 27.1. The Hall–Kier alpha value is -6.68. The summed E-state index contributed by atoms with van der Waals surface area (Å²) in [7, 11) is 0. The Morgan fingerprint density at radius 1 is 0.493 bits per heavy atom. The predicted octanol–water partition coefficient (Wildman–Crippen LogP) is 16.9. The summed E-state index contributed by atoms with van der Waals surface area (Å²) in [5.74, 6) is 2.04. The van der Waals surface area contributed by atoms with Crippen LogP contribution in [0.4, 0.5) is 11.4 Å². The first kappa shape index (κ1) is 49.3. The molecule has 71 heavy (non-hydrogen) atoms. The second kappa shape index (κ2) is 18.8. The van der Waals surface area contributed by atoms with Gasteiger partial charge in [-0.25, -0.2) is 4.98 Å². The van der Waals surface area contributed by atoms with E-state index >= 15 is 0 Å². The Morgan fingerprint density at radius 3 is 1.79 bits per heavy atom. The van der Waals surface area contributed by atoms with Crippen molar-refractivity contribution < 1.29 is 25.8 Å². The molecule has 0 fully saturated rings. The number of ether oxygens (including phenoxy) is 1. The van der Waals surface area contributed by atoms with Crippen LogP contribution in [-0.2, 0) is 42.7 Å². The van der Waals surface area contributed by atoms with E-state index in [1.54, 1.807) is 0 Å². The SMILES string of the molecule is CC(C)(C)c1cc(-c2ccccc2)cc(N2C=C(c3ccccc3)N(c3[c-]c(Oc4[c-]c5c(cc4)c4cc(C(C)(C)C)ccc4n5-c4cc(C(C)(C)C)ccn4)cc(C(C)(C)c4ccccc4)c3)[CH-]2)c1.[Pt]. The van der Waals surface area contributed by atoms with Crippen LogP contribution in [0.5, 0.6) is 11.5 Å². The van der Waals surface area contributed by atoms with Gasteiger partial charge >= 0.3 is 0 Å². The Morgan fingerprint density at radius 2 is 1.13 bits per heavy atom. The van der Waals surface area contributed by atoms with Crippen LogP contribution in [0.2, 0.25) is 0 Å². The number of pyridine rings is 1. The third-order valence-corrected chi connectivity index (χ3v) is 13.9. The molecule has 7 aromatic carbocycles. The number of hydrogen-bond donors (Lipinski definition) is 0. The van der Waals surface area contributed by atoms with E-state index in [2.05, 4.69) is 273 Å². The van der Waals surface area contributed by atoms with Crippen LogP contribution >= 0.6 is 0 Å². The standard InChI is InChI=1S/C65H63N4O.Pt/c1-62(2,3)48-27-30-58-57(38-48)56-29-28-54(41-59(56)69(58)61-39-49(31-32-66-61)63(4,5)6)70-55-37-51(65(10,11)47-25-19-14-20-26-47)36-53(40-55)68-43-67(42-60(68)45-23-17-13-18-24-45)52-34-46(44-21-15-12-16-22-44)33-50(35-52)64(7,8)9;/h12-39,42-43H,1-11H3;/q-3;. The fraction of sp³-hybridized carbons (Fsp3) is 0.231. The molecule has 0 amide bonds. The van der Waals surface area contributed by atoms with Crippen molar-refractivity contribution >= 4 is 38.9 Å². The first-order valence-electron chi connectivity index (χ1n) is 24.5. The van der Waals surface area contributed by atoms with Gasteiger partial charge in [0.25, 0.3) is 0 Å². The minimum absolute atomic E-state index is 0. The smallest absolute Gasteiger partial charge is 0.135 e. The molecule has 9 aromatic rings. The van der Waals surface area contributed by atoms with Crippen LogP contribution in [0, 0.1) is 18.8 Å². The normalized spacial score (nSPS) is 13.4. The van der Waals surface area contributed by atoms with Gasteiger partial charge in [-0.1, -0.05) is 191 Å². The molecule has 0 saturated carbocycles.